The third-order valence-corrected chi connectivity index (χ3v) is 4.01. The van der Waals surface area contributed by atoms with E-state index >= 15 is 0 Å². The van der Waals surface area contributed by atoms with Crippen LogP contribution in [0, 0.1) is 6.20 Å². The maximum atomic E-state index is 12.9. The van der Waals surface area contributed by atoms with E-state index in [1.54, 1.807) is 6.07 Å². The van der Waals surface area contributed by atoms with Crippen LogP contribution in [0.15, 0.2) is 36.7 Å². The van der Waals surface area contributed by atoms with Crippen molar-refractivity contribution in [1.29, 1.82) is 0 Å². The molecule has 1 aliphatic rings. The fraction of sp³-hybridized carbons (Fsp3) is 0.235. The van der Waals surface area contributed by atoms with Gasteiger partial charge in [0.15, 0.2) is 0 Å². The van der Waals surface area contributed by atoms with Crippen LogP contribution in [-0.4, -0.2) is 38.9 Å². The van der Waals surface area contributed by atoms with Crippen LogP contribution in [0.3, 0.4) is 0 Å². The SMILES string of the molecule is O=C(c1[c]n(-c2ccnc3cc(C(F)(F)F)ccc23)nc1)N1CCCO1. The van der Waals surface area contributed by atoms with Crippen molar-refractivity contribution in [1.82, 2.24) is 19.8 Å². The van der Waals surface area contributed by atoms with E-state index in [9.17, 15) is 18.0 Å². The highest BCUT2D eigenvalue weighted by atomic mass is 19.4. The van der Waals surface area contributed by atoms with Crippen LogP contribution in [-0.2, 0) is 11.0 Å². The van der Waals surface area contributed by atoms with Crippen molar-refractivity contribution in [2.45, 2.75) is 12.6 Å². The molecule has 1 aliphatic heterocycles. The summed E-state index contributed by atoms with van der Waals surface area (Å²) in [4.78, 5) is 21.5. The first-order chi connectivity index (χ1) is 12.4. The van der Waals surface area contributed by atoms with Gasteiger partial charge in [0.2, 0.25) is 0 Å². The maximum absolute atomic E-state index is 12.9. The van der Waals surface area contributed by atoms with Crippen molar-refractivity contribution in [3.05, 3.63) is 54.0 Å². The van der Waals surface area contributed by atoms with Crippen LogP contribution in [0.1, 0.15) is 22.3 Å². The van der Waals surface area contributed by atoms with Crippen molar-refractivity contribution < 1.29 is 22.8 Å². The highest BCUT2D eigenvalue weighted by Gasteiger charge is 2.30. The van der Waals surface area contributed by atoms with Crippen LogP contribution in [0.5, 0.6) is 0 Å². The van der Waals surface area contributed by atoms with E-state index in [2.05, 4.69) is 16.3 Å². The molecule has 2 aromatic heterocycles. The number of nitrogens with zero attached hydrogens (tertiary/aromatic N) is 4. The summed E-state index contributed by atoms with van der Waals surface area (Å²) in [7, 11) is 0. The van der Waals surface area contributed by atoms with E-state index in [4.69, 9.17) is 4.84 Å². The molecule has 133 valence electrons. The number of hydroxylamine groups is 2. The molecular weight excluding hydrogens is 349 g/mol. The summed E-state index contributed by atoms with van der Waals surface area (Å²) < 4.78 is 39.9. The second-order valence-corrected chi connectivity index (χ2v) is 5.74. The molecule has 26 heavy (non-hydrogen) atoms. The fourth-order valence-electron chi connectivity index (χ4n) is 2.75. The van der Waals surface area contributed by atoms with Crippen LogP contribution < -0.4 is 0 Å². The topological polar surface area (TPSA) is 60.2 Å². The number of rotatable bonds is 2. The standard InChI is InChI=1S/C17H12F3N4O2/c18-17(19,20)12-2-3-13-14(8-12)21-5-4-15(13)23-10-11(9-22-23)16(25)24-6-1-7-26-24/h2-5,8-9H,1,6-7H2. The molecule has 0 unspecified atom stereocenters. The number of carbonyl (C=O) groups is 1. The summed E-state index contributed by atoms with van der Waals surface area (Å²) >= 11 is 0. The van der Waals surface area contributed by atoms with E-state index in [-0.39, 0.29) is 17.0 Å². The quantitative estimate of drug-likeness (QED) is 0.704. The number of halogens is 3. The average Bonchev–Trinajstić information content (AvgIpc) is 3.31. The largest absolute Gasteiger partial charge is 0.416 e. The Morgan fingerprint density at radius 2 is 2.12 bits per heavy atom. The zero-order valence-corrected chi connectivity index (χ0v) is 13.3. The predicted octanol–water partition coefficient (Wildman–Crippen LogP) is 3.02. The van der Waals surface area contributed by atoms with Gasteiger partial charge in [-0.3, -0.25) is 14.6 Å². The number of pyridine rings is 1. The number of hydrogen-bond donors (Lipinski definition) is 0. The normalized spacial score (nSPS) is 15.0. The van der Waals surface area contributed by atoms with Crippen molar-refractivity contribution >= 4 is 16.8 Å². The van der Waals surface area contributed by atoms with Crippen molar-refractivity contribution in [3.8, 4) is 5.69 Å². The highest BCUT2D eigenvalue weighted by Crippen LogP contribution is 2.32. The smallest absolute Gasteiger partial charge is 0.271 e. The van der Waals surface area contributed by atoms with Crippen molar-refractivity contribution in [2.24, 2.45) is 0 Å². The van der Waals surface area contributed by atoms with E-state index in [0.29, 0.717) is 24.2 Å². The summed E-state index contributed by atoms with van der Waals surface area (Å²) in [6.45, 7) is 0.979. The van der Waals surface area contributed by atoms with E-state index < -0.39 is 11.7 Å². The van der Waals surface area contributed by atoms with Gasteiger partial charge >= 0.3 is 6.18 Å². The zero-order chi connectivity index (χ0) is 18.3. The average molecular weight is 361 g/mol. The van der Waals surface area contributed by atoms with Gasteiger partial charge in [-0.2, -0.15) is 18.3 Å². The molecule has 0 aliphatic carbocycles. The number of benzene rings is 1. The second-order valence-electron chi connectivity index (χ2n) is 5.74. The predicted molar refractivity (Wildman–Crippen MR) is 84.3 cm³/mol. The minimum absolute atomic E-state index is 0.178. The number of carbonyl (C=O) groups excluding carboxylic acids is 1. The molecular formula is C17H12F3N4O2. The number of alkyl halides is 3. The molecule has 1 radical (unpaired) electrons. The molecule has 1 fully saturated rings. The fourth-order valence-corrected chi connectivity index (χ4v) is 2.75. The number of amides is 1. The highest BCUT2D eigenvalue weighted by molar-refractivity contribution is 5.93. The van der Waals surface area contributed by atoms with Gasteiger partial charge < -0.3 is 0 Å². The minimum atomic E-state index is -4.45. The Labute approximate surface area is 145 Å². The first-order valence-electron chi connectivity index (χ1n) is 7.82. The summed E-state index contributed by atoms with van der Waals surface area (Å²) in [5.74, 6) is -0.355. The van der Waals surface area contributed by atoms with Gasteiger partial charge in [0.25, 0.3) is 5.91 Å². The van der Waals surface area contributed by atoms with Crippen LogP contribution in [0.25, 0.3) is 16.6 Å². The lowest BCUT2D eigenvalue weighted by Crippen LogP contribution is -2.26. The molecule has 0 bridgehead atoms. The third kappa shape index (κ3) is 2.90. The van der Waals surface area contributed by atoms with E-state index in [1.165, 1.54) is 28.2 Å². The second kappa shape index (κ2) is 6.10. The van der Waals surface area contributed by atoms with Gasteiger partial charge in [0.05, 0.1) is 41.7 Å². The Morgan fingerprint density at radius 1 is 1.27 bits per heavy atom. The number of aromatic nitrogens is 3. The molecule has 1 aromatic carbocycles. The molecule has 4 rings (SSSR count). The zero-order valence-electron chi connectivity index (χ0n) is 13.3. The molecule has 0 saturated carbocycles. The Balaban J connectivity index is 1.72. The van der Waals surface area contributed by atoms with Gasteiger partial charge in [-0.15, -0.1) is 0 Å². The summed E-state index contributed by atoms with van der Waals surface area (Å²) in [5.41, 5.74) is 0.0898. The van der Waals surface area contributed by atoms with E-state index in [0.717, 1.165) is 18.6 Å². The molecule has 6 nitrogen and oxygen atoms in total. The van der Waals surface area contributed by atoms with Gasteiger partial charge in [-0.05, 0) is 24.6 Å². The molecule has 0 atom stereocenters. The van der Waals surface area contributed by atoms with Gasteiger partial charge in [0, 0.05) is 11.6 Å². The Morgan fingerprint density at radius 3 is 2.85 bits per heavy atom. The summed E-state index contributed by atoms with van der Waals surface area (Å²) in [5, 5.41) is 5.83. The molecule has 9 heteroatoms. The molecule has 0 N–H and O–H groups in total. The van der Waals surface area contributed by atoms with Crippen LogP contribution >= 0.6 is 0 Å². The molecule has 0 spiro atoms. The summed E-state index contributed by atoms with van der Waals surface area (Å²) in [6.07, 6.45) is 1.88. The Bertz CT molecular complexity index is 978. The first-order valence-corrected chi connectivity index (χ1v) is 7.82. The number of fused-ring (bicyclic) bond motifs is 1. The first kappa shape index (κ1) is 16.5. The molecule has 1 saturated heterocycles. The molecule has 3 heterocycles. The third-order valence-electron chi connectivity index (χ3n) is 4.01. The van der Waals surface area contributed by atoms with Crippen LogP contribution in [0.2, 0.25) is 0 Å². The monoisotopic (exact) mass is 361 g/mol. The number of hydrogen-bond acceptors (Lipinski definition) is 4. The van der Waals surface area contributed by atoms with Gasteiger partial charge in [-0.1, -0.05) is 6.07 Å². The lowest BCUT2D eigenvalue weighted by molar-refractivity contribution is -0.137. The molecule has 1 amide bonds. The lowest BCUT2D eigenvalue weighted by atomic mass is 10.1. The molecule has 3 aromatic rings. The van der Waals surface area contributed by atoms with Gasteiger partial charge in [0.1, 0.15) is 6.20 Å². The maximum Gasteiger partial charge on any atom is 0.416 e. The van der Waals surface area contributed by atoms with Crippen molar-refractivity contribution in [2.75, 3.05) is 13.2 Å². The van der Waals surface area contributed by atoms with Crippen molar-refractivity contribution in [3.63, 3.8) is 0 Å². The summed E-state index contributed by atoms with van der Waals surface area (Å²) in [6, 6.07) is 4.90. The Hall–Kier alpha value is -2.94. The lowest BCUT2D eigenvalue weighted by Gasteiger charge is -2.11. The van der Waals surface area contributed by atoms with Crippen LogP contribution in [0.4, 0.5) is 13.2 Å². The minimum Gasteiger partial charge on any atom is -0.271 e. The van der Waals surface area contributed by atoms with E-state index in [1.807, 2.05) is 0 Å². The Kier molecular flexibility index (Phi) is 3.87. The van der Waals surface area contributed by atoms with Gasteiger partial charge in [-0.25, -0.2) is 9.75 Å².